The Balaban J connectivity index is 1.54. The molecule has 1 aliphatic heterocycles. The van der Waals surface area contributed by atoms with Crippen molar-refractivity contribution in [2.45, 2.75) is 26.0 Å². The molecular formula is C31H26Cl2N2O5S. The topological polar surface area (TPSA) is 79.1 Å². The van der Waals surface area contributed by atoms with Crippen LogP contribution < -0.4 is 24.4 Å². The van der Waals surface area contributed by atoms with Gasteiger partial charge in [0.25, 0.3) is 5.56 Å². The van der Waals surface area contributed by atoms with E-state index < -0.39 is 12.0 Å². The number of thiazole rings is 1. The molecule has 0 fully saturated rings. The highest BCUT2D eigenvalue weighted by Crippen LogP contribution is 2.32. The predicted molar refractivity (Wildman–Crippen MR) is 161 cm³/mol. The number of carbonyl (C=O) groups excluding carboxylic acids is 1. The monoisotopic (exact) mass is 608 g/mol. The van der Waals surface area contributed by atoms with Crippen molar-refractivity contribution in [2.24, 2.45) is 4.99 Å². The van der Waals surface area contributed by atoms with Crippen LogP contribution in [-0.4, -0.2) is 24.8 Å². The van der Waals surface area contributed by atoms with Gasteiger partial charge >= 0.3 is 5.97 Å². The highest BCUT2D eigenvalue weighted by atomic mass is 35.5. The molecule has 0 spiro atoms. The summed E-state index contributed by atoms with van der Waals surface area (Å²) in [5, 5.41) is 1.06. The zero-order valence-corrected chi connectivity index (χ0v) is 24.8. The van der Waals surface area contributed by atoms with Crippen LogP contribution in [0.3, 0.4) is 0 Å². The molecule has 7 nitrogen and oxygen atoms in total. The first-order valence-electron chi connectivity index (χ1n) is 12.8. The summed E-state index contributed by atoms with van der Waals surface area (Å²) in [6.45, 7) is 2.15. The van der Waals surface area contributed by atoms with Gasteiger partial charge in [-0.3, -0.25) is 9.36 Å². The summed E-state index contributed by atoms with van der Waals surface area (Å²) < 4.78 is 18.7. The third kappa shape index (κ3) is 5.81. The molecule has 0 saturated heterocycles. The van der Waals surface area contributed by atoms with Gasteiger partial charge in [-0.05, 0) is 47.9 Å². The molecule has 2 heterocycles. The molecule has 1 aromatic heterocycles. The van der Waals surface area contributed by atoms with Crippen molar-refractivity contribution in [1.82, 2.24) is 4.57 Å². The first-order chi connectivity index (χ1) is 19.8. The van der Waals surface area contributed by atoms with Gasteiger partial charge in [-0.1, -0.05) is 83.9 Å². The molecule has 0 amide bonds. The van der Waals surface area contributed by atoms with Crippen molar-refractivity contribution in [3.05, 3.63) is 124 Å². The Morgan fingerprint density at radius 1 is 1.05 bits per heavy atom. The molecular weight excluding hydrogens is 583 g/mol. The van der Waals surface area contributed by atoms with Crippen molar-refractivity contribution >= 4 is 46.6 Å². The van der Waals surface area contributed by atoms with Crippen LogP contribution in [0.5, 0.6) is 11.5 Å². The second-order valence-electron chi connectivity index (χ2n) is 9.13. The SMILES string of the molecule is CCC1=C(C(=O)OC)[C@H](c2ccccc2)n2c(s/c(=C\c3ccc(OCc4ccc(Cl)cc4Cl)c(OC)c3)c2=O)=N1. The molecule has 5 rings (SSSR count). The van der Waals surface area contributed by atoms with Crippen molar-refractivity contribution in [1.29, 1.82) is 0 Å². The lowest BCUT2D eigenvalue weighted by Gasteiger charge is -2.25. The molecule has 10 heteroatoms. The fraction of sp³-hybridized carbons (Fsp3) is 0.194. The maximum absolute atomic E-state index is 13.8. The molecule has 1 aliphatic rings. The first-order valence-corrected chi connectivity index (χ1v) is 14.3. The molecule has 0 radical (unpaired) electrons. The Morgan fingerprint density at radius 2 is 1.83 bits per heavy atom. The van der Waals surface area contributed by atoms with Crippen molar-refractivity contribution < 1.29 is 19.0 Å². The number of ether oxygens (including phenoxy) is 3. The summed E-state index contributed by atoms with van der Waals surface area (Å²) in [4.78, 5) is 32.0. The van der Waals surface area contributed by atoms with Gasteiger partial charge in [0, 0.05) is 15.6 Å². The smallest absolute Gasteiger partial charge is 0.338 e. The van der Waals surface area contributed by atoms with Crippen molar-refractivity contribution in [2.75, 3.05) is 14.2 Å². The number of aromatic nitrogens is 1. The van der Waals surface area contributed by atoms with E-state index >= 15 is 0 Å². The predicted octanol–water partition coefficient (Wildman–Crippen LogP) is 5.69. The van der Waals surface area contributed by atoms with Crippen molar-refractivity contribution in [3.8, 4) is 11.5 Å². The van der Waals surface area contributed by atoms with Gasteiger partial charge in [-0.25, -0.2) is 9.79 Å². The van der Waals surface area contributed by atoms with Gasteiger partial charge in [0.2, 0.25) is 0 Å². The summed E-state index contributed by atoms with van der Waals surface area (Å²) in [6, 6.07) is 19.4. The van der Waals surface area contributed by atoms with E-state index in [1.807, 2.05) is 49.4 Å². The van der Waals surface area contributed by atoms with Crippen LogP contribution in [-0.2, 0) is 16.1 Å². The van der Waals surface area contributed by atoms with E-state index in [2.05, 4.69) is 0 Å². The van der Waals surface area contributed by atoms with E-state index in [9.17, 15) is 9.59 Å². The lowest BCUT2D eigenvalue weighted by atomic mass is 9.95. The highest BCUT2D eigenvalue weighted by molar-refractivity contribution is 7.07. The number of methoxy groups -OCH3 is 2. The third-order valence-electron chi connectivity index (χ3n) is 6.65. The van der Waals surface area contributed by atoms with E-state index in [4.69, 9.17) is 42.4 Å². The average Bonchev–Trinajstić information content (AvgIpc) is 3.30. The first kappa shape index (κ1) is 28.7. The minimum Gasteiger partial charge on any atom is -0.493 e. The number of hydrogen-bond donors (Lipinski definition) is 0. The van der Waals surface area contributed by atoms with Gasteiger partial charge in [0.15, 0.2) is 16.3 Å². The molecule has 0 aliphatic carbocycles. The van der Waals surface area contributed by atoms with Crippen LogP contribution >= 0.6 is 34.5 Å². The Bertz CT molecular complexity index is 1830. The number of rotatable bonds is 8. The molecule has 41 heavy (non-hydrogen) atoms. The molecule has 1 atom stereocenters. The molecule has 3 aromatic carbocycles. The zero-order valence-electron chi connectivity index (χ0n) is 22.5. The molecule has 0 saturated carbocycles. The van der Waals surface area contributed by atoms with Crippen molar-refractivity contribution in [3.63, 3.8) is 0 Å². The van der Waals surface area contributed by atoms with E-state index in [-0.39, 0.29) is 12.2 Å². The van der Waals surface area contributed by atoms with E-state index in [0.29, 0.717) is 48.6 Å². The van der Waals surface area contributed by atoms with Gasteiger partial charge in [0.1, 0.15) is 6.61 Å². The number of nitrogens with zero attached hydrogens (tertiary/aromatic N) is 2. The number of halogens is 2. The minimum atomic E-state index is -0.651. The largest absolute Gasteiger partial charge is 0.493 e. The number of benzene rings is 3. The lowest BCUT2D eigenvalue weighted by Crippen LogP contribution is -2.40. The van der Waals surface area contributed by atoms with Crippen LogP contribution in [0.15, 0.2) is 87.8 Å². The van der Waals surface area contributed by atoms with Crippen LogP contribution in [0.1, 0.15) is 36.1 Å². The summed E-state index contributed by atoms with van der Waals surface area (Å²) in [5.41, 5.74) is 3.03. The fourth-order valence-corrected chi connectivity index (χ4v) is 6.14. The summed E-state index contributed by atoms with van der Waals surface area (Å²) in [6.07, 6.45) is 2.29. The Morgan fingerprint density at radius 3 is 2.51 bits per heavy atom. The molecule has 0 unspecified atom stereocenters. The number of hydrogen-bond acceptors (Lipinski definition) is 7. The van der Waals surface area contributed by atoms with Gasteiger partial charge in [-0.2, -0.15) is 0 Å². The van der Waals surface area contributed by atoms with Crippen LogP contribution in [0, 0.1) is 0 Å². The van der Waals surface area contributed by atoms with Crippen LogP contribution in [0.25, 0.3) is 6.08 Å². The molecule has 4 aromatic rings. The number of carbonyl (C=O) groups is 1. The second kappa shape index (κ2) is 12.3. The lowest BCUT2D eigenvalue weighted by molar-refractivity contribution is -0.136. The number of allylic oxidation sites excluding steroid dienone is 1. The fourth-order valence-electron chi connectivity index (χ4n) is 4.65. The third-order valence-corrected chi connectivity index (χ3v) is 8.22. The van der Waals surface area contributed by atoms with Crippen LogP contribution in [0.4, 0.5) is 0 Å². The van der Waals surface area contributed by atoms with E-state index in [1.165, 1.54) is 18.4 Å². The zero-order chi connectivity index (χ0) is 29.1. The maximum Gasteiger partial charge on any atom is 0.338 e. The highest BCUT2D eigenvalue weighted by Gasteiger charge is 2.33. The second-order valence-corrected chi connectivity index (χ2v) is 11.0. The van der Waals surface area contributed by atoms with Gasteiger partial charge in [0.05, 0.1) is 36.1 Å². The molecule has 0 bridgehead atoms. The van der Waals surface area contributed by atoms with Gasteiger partial charge < -0.3 is 14.2 Å². The maximum atomic E-state index is 13.8. The normalized spacial score (nSPS) is 14.9. The average molecular weight is 610 g/mol. The molecule has 210 valence electrons. The van der Waals surface area contributed by atoms with E-state index in [0.717, 1.165) is 16.7 Å². The molecule has 0 N–H and O–H groups in total. The number of fused-ring (bicyclic) bond motifs is 1. The quantitative estimate of drug-likeness (QED) is 0.240. The van der Waals surface area contributed by atoms with Crippen LogP contribution in [0.2, 0.25) is 10.0 Å². The summed E-state index contributed by atoms with van der Waals surface area (Å²) in [7, 11) is 2.89. The van der Waals surface area contributed by atoms with Gasteiger partial charge in [-0.15, -0.1) is 0 Å². The summed E-state index contributed by atoms with van der Waals surface area (Å²) >= 11 is 13.5. The standard InChI is InChI=1S/C31H26Cl2N2O5S/c1-4-23-27(30(37)39-3)28(19-8-6-5-7-9-19)35-29(36)26(41-31(35)34-23)15-18-10-13-24(25(14-18)38-2)40-17-20-11-12-21(32)16-22(20)33/h5-16,28H,4,17H2,1-3H3/b26-15-/t28-/m0/s1. The Kier molecular flexibility index (Phi) is 8.63. The minimum absolute atomic E-state index is 0.228. The summed E-state index contributed by atoms with van der Waals surface area (Å²) in [5.74, 6) is 0.519. The Labute approximate surface area is 250 Å². The number of esters is 1. The van der Waals surface area contributed by atoms with E-state index in [1.54, 1.807) is 42.0 Å². The Hall–Kier alpha value is -3.85.